The SMILES string of the molecule is NC(Cc1c(Cl)cccc1C(F)(F)F)C(=O)O. The van der Waals surface area contributed by atoms with Gasteiger partial charge >= 0.3 is 12.1 Å². The molecule has 3 nitrogen and oxygen atoms in total. The van der Waals surface area contributed by atoms with E-state index in [0.717, 1.165) is 12.1 Å². The molecule has 1 aromatic rings. The Bertz CT molecular complexity index is 434. The Kier molecular flexibility index (Phi) is 4.00. The van der Waals surface area contributed by atoms with Crippen LogP contribution in [0, 0.1) is 0 Å². The lowest BCUT2D eigenvalue weighted by molar-refractivity contribution is -0.140. The summed E-state index contributed by atoms with van der Waals surface area (Å²) in [7, 11) is 0. The van der Waals surface area contributed by atoms with Crippen LogP contribution in [0.5, 0.6) is 0 Å². The van der Waals surface area contributed by atoms with Crippen LogP contribution in [0.15, 0.2) is 18.2 Å². The van der Waals surface area contributed by atoms with Gasteiger partial charge in [-0.15, -0.1) is 0 Å². The van der Waals surface area contributed by atoms with Crippen molar-refractivity contribution in [3.63, 3.8) is 0 Å². The minimum atomic E-state index is -4.58. The molecule has 0 spiro atoms. The van der Waals surface area contributed by atoms with Crippen molar-refractivity contribution in [1.29, 1.82) is 0 Å². The lowest BCUT2D eigenvalue weighted by atomic mass is 10.00. The Labute approximate surface area is 100.0 Å². The summed E-state index contributed by atoms with van der Waals surface area (Å²) in [5.41, 5.74) is 3.95. The van der Waals surface area contributed by atoms with E-state index in [2.05, 4.69) is 0 Å². The monoisotopic (exact) mass is 267 g/mol. The molecular formula is C10H9ClF3NO2. The molecular weight excluding hydrogens is 259 g/mol. The van der Waals surface area contributed by atoms with Crippen LogP contribution in [0.1, 0.15) is 11.1 Å². The number of carboxylic acids is 1. The van der Waals surface area contributed by atoms with Crippen LogP contribution in [0.4, 0.5) is 13.2 Å². The van der Waals surface area contributed by atoms with E-state index in [-0.39, 0.29) is 10.6 Å². The molecule has 0 aliphatic carbocycles. The summed E-state index contributed by atoms with van der Waals surface area (Å²) >= 11 is 5.64. The third-order valence-corrected chi connectivity index (χ3v) is 2.52. The first-order chi connectivity index (χ1) is 7.73. The van der Waals surface area contributed by atoms with Crippen LogP contribution in [-0.2, 0) is 17.4 Å². The standard InChI is InChI=1S/C10H9ClF3NO2/c11-7-3-1-2-6(10(12,13)14)5(7)4-8(15)9(16)17/h1-3,8H,4,15H2,(H,16,17). The second-order valence-corrected chi connectivity index (χ2v) is 3.82. The van der Waals surface area contributed by atoms with Gasteiger partial charge in [-0.25, -0.2) is 0 Å². The van der Waals surface area contributed by atoms with E-state index in [0.29, 0.717) is 0 Å². The van der Waals surface area contributed by atoms with Gasteiger partial charge in [0.1, 0.15) is 6.04 Å². The minimum Gasteiger partial charge on any atom is -0.480 e. The Morgan fingerprint density at radius 1 is 1.47 bits per heavy atom. The summed E-state index contributed by atoms with van der Waals surface area (Å²) in [4.78, 5) is 10.5. The zero-order valence-corrected chi connectivity index (χ0v) is 9.22. The van der Waals surface area contributed by atoms with Gasteiger partial charge in [-0.1, -0.05) is 17.7 Å². The highest BCUT2D eigenvalue weighted by Crippen LogP contribution is 2.35. The van der Waals surface area contributed by atoms with Crippen LogP contribution in [0.2, 0.25) is 5.02 Å². The zero-order chi connectivity index (χ0) is 13.2. The molecule has 0 radical (unpaired) electrons. The molecule has 0 bridgehead atoms. The van der Waals surface area contributed by atoms with E-state index in [1.165, 1.54) is 6.07 Å². The summed E-state index contributed by atoms with van der Waals surface area (Å²) in [6, 6.07) is 1.84. The summed E-state index contributed by atoms with van der Waals surface area (Å²) < 4.78 is 37.9. The smallest absolute Gasteiger partial charge is 0.416 e. The summed E-state index contributed by atoms with van der Waals surface area (Å²) in [6.45, 7) is 0. The van der Waals surface area contributed by atoms with Crippen molar-refractivity contribution in [2.45, 2.75) is 18.6 Å². The zero-order valence-electron chi connectivity index (χ0n) is 8.46. The number of aliphatic carboxylic acids is 1. The number of alkyl halides is 3. The number of carbonyl (C=O) groups is 1. The lowest BCUT2D eigenvalue weighted by Gasteiger charge is -2.15. The van der Waals surface area contributed by atoms with Gasteiger partial charge in [0.05, 0.1) is 5.56 Å². The maximum Gasteiger partial charge on any atom is 0.416 e. The number of nitrogens with two attached hydrogens (primary N) is 1. The molecule has 94 valence electrons. The van der Waals surface area contributed by atoms with E-state index in [1.807, 2.05) is 0 Å². The van der Waals surface area contributed by atoms with Gasteiger partial charge < -0.3 is 10.8 Å². The van der Waals surface area contributed by atoms with Gasteiger partial charge in [-0.3, -0.25) is 4.79 Å². The van der Waals surface area contributed by atoms with Gasteiger partial charge in [0.2, 0.25) is 0 Å². The number of rotatable bonds is 3. The highest BCUT2D eigenvalue weighted by molar-refractivity contribution is 6.31. The van der Waals surface area contributed by atoms with E-state index >= 15 is 0 Å². The fraction of sp³-hybridized carbons (Fsp3) is 0.300. The predicted octanol–water partition coefficient (Wildman–Crippen LogP) is 2.31. The number of carboxylic acid groups (broad SMARTS) is 1. The molecule has 0 aliphatic heterocycles. The highest BCUT2D eigenvalue weighted by atomic mass is 35.5. The average Bonchev–Trinajstić information content (AvgIpc) is 2.18. The van der Waals surface area contributed by atoms with Crippen molar-refractivity contribution < 1.29 is 23.1 Å². The molecule has 1 unspecified atom stereocenters. The predicted molar refractivity (Wildman–Crippen MR) is 55.8 cm³/mol. The molecule has 0 heterocycles. The Balaban J connectivity index is 3.17. The minimum absolute atomic E-state index is 0.142. The highest BCUT2D eigenvalue weighted by Gasteiger charge is 2.34. The third kappa shape index (κ3) is 3.34. The quantitative estimate of drug-likeness (QED) is 0.883. The molecule has 0 amide bonds. The van der Waals surface area contributed by atoms with Crippen LogP contribution in [0.3, 0.4) is 0 Å². The normalized spacial score (nSPS) is 13.5. The van der Waals surface area contributed by atoms with E-state index in [9.17, 15) is 18.0 Å². The molecule has 0 aromatic heterocycles. The van der Waals surface area contributed by atoms with Gasteiger partial charge in [0.15, 0.2) is 0 Å². The number of hydrogen-bond acceptors (Lipinski definition) is 2. The molecule has 0 aliphatic rings. The number of benzene rings is 1. The lowest BCUT2D eigenvalue weighted by Crippen LogP contribution is -2.33. The summed E-state index contributed by atoms with van der Waals surface area (Å²) in [5, 5.41) is 8.44. The van der Waals surface area contributed by atoms with Gasteiger partial charge in [0, 0.05) is 11.4 Å². The first-order valence-electron chi connectivity index (χ1n) is 4.56. The topological polar surface area (TPSA) is 63.3 Å². The second kappa shape index (κ2) is 4.93. The first kappa shape index (κ1) is 13.8. The molecule has 17 heavy (non-hydrogen) atoms. The van der Waals surface area contributed by atoms with E-state index in [4.69, 9.17) is 22.4 Å². The maximum atomic E-state index is 12.6. The fourth-order valence-electron chi connectivity index (χ4n) is 1.34. The molecule has 3 N–H and O–H groups in total. The molecule has 0 saturated heterocycles. The fourth-order valence-corrected chi connectivity index (χ4v) is 1.59. The second-order valence-electron chi connectivity index (χ2n) is 3.41. The molecule has 7 heteroatoms. The number of halogens is 4. The maximum absolute atomic E-state index is 12.6. The van der Waals surface area contributed by atoms with Crippen LogP contribution in [-0.4, -0.2) is 17.1 Å². The summed E-state index contributed by atoms with van der Waals surface area (Å²) in [6.07, 6.45) is -5.05. The largest absolute Gasteiger partial charge is 0.480 e. The van der Waals surface area contributed by atoms with E-state index < -0.39 is 30.2 Å². The molecule has 1 aromatic carbocycles. The first-order valence-corrected chi connectivity index (χ1v) is 4.94. The van der Waals surface area contributed by atoms with Crippen molar-refractivity contribution in [3.8, 4) is 0 Å². The molecule has 1 atom stereocenters. The Morgan fingerprint density at radius 2 is 2.06 bits per heavy atom. The molecule has 0 saturated carbocycles. The average molecular weight is 268 g/mol. The van der Waals surface area contributed by atoms with Gasteiger partial charge in [-0.05, 0) is 17.7 Å². The van der Waals surface area contributed by atoms with Crippen LogP contribution in [0.25, 0.3) is 0 Å². The molecule has 1 rings (SSSR count). The Morgan fingerprint density at radius 3 is 2.53 bits per heavy atom. The van der Waals surface area contributed by atoms with Crippen molar-refractivity contribution in [2.24, 2.45) is 5.73 Å². The number of hydrogen-bond donors (Lipinski definition) is 2. The van der Waals surface area contributed by atoms with E-state index in [1.54, 1.807) is 0 Å². The van der Waals surface area contributed by atoms with Crippen LogP contribution < -0.4 is 5.73 Å². The van der Waals surface area contributed by atoms with Gasteiger partial charge in [-0.2, -0.15) is 13.2 Å². The van der Waals surface area contributed by atoms with Gasteiger partial charge in [0.25, 0.3) is 0 Å². The van der Waals surface area contributed by atoms with Crippen LogP contribution >= 0.6 is 11.6 Å². The molecule has 0 fully saturated rings. The van der Waals surface area contributed by atoms with Crippen molar-refractivity contribution in [2.75, 3.05) is 0 Å². The van der Waals surface area contributed by atoms with Crippen molar-refractivity contribution in [1.82, 2.24) is 0 Å². The van der Waals surface area contributed by atoms with Crippen molar-refractivity contribution >= 4 is 17.6 Å². The third-order valence-electron chi connectivity index (χ3n) is 2.17. The Hall–Kier alpha value is -1.27. The van der Waals surface area contributed by atoms with Crippen molar-refractivity contribution in [3.05, 3.63) is 34.3 Å². The summed E-state index contributed by atoms with van der Waals surface area (Å²) in [5.74, 6) is -1.38.